The second-order valence-corrected chi connectivity index (χ2v) is 6.91. The molecule has 1 aliphatic carbocycles. The van der Waals surface area contributed by atoms with Crippen LogP contribution in [0, 0.1) is 5.92 Å². The van der Waals surface area contributed by atoms with Crippen LogP contribution >= 0.6 is 24.6 Å². The highest BCUT2D eigenvalue weighted by Crippen LogP contribution is 2.27. The largest absolute Gasteiger partial charge is 0.465 e. The average molecular weight is 385 g/mol. The number of aromatic nitrogens is 1. The first-order valence-electron chi connectivity index (χ1n) is 9.01. The maximum absolute atomic E-state index is 12.4. The molecule has 0 spiro atoms. The number of pyridine rings is 1. The summed E-state index contributed by atoms with van der Waals surface area (Å²) in [7, 11) is 1.72. The summed E-state index contributed by atoms with van der Waals surface area (Å²) >= 11 is 5.27. The van der Waals surface area contributed by atoms with Gasteiger partial charge in [-0.2, -0.15) is 0 Å². The van der Waals surface area contributed by atoms with Gasteiger partial charge in [0.1, 0.15) is 5.92 Å². The van der Waals surface area contributed by atoms with E-state index in [9.17, 15) is 4.79 Å². The molecule has 0 bridgehead atoms. The maximum atomic E-state index is 12.4. The minimum atomic E-state index is -0.621. The third kappa shape index (κ3) is 7.28. The highest BCUT2D eigenvalue weighted by atomic mass is 35.5. The molecule has 1 saturated carbocycles. The number of unbranched alkanes of at least 4 members (excludes halogenated alkanes) is 1. The van der Waals surface area contributed by atoms with Crippen LogP contribution in [0.25, 0.3) is 0 Å². The van der Waals surface area contributed by atoms with Crippen molar-refractivity contribution in [3.8, 4) is 0 Å². The van der Waals surface area contributed by atoms with Gasteiger partial charge < -0.3 is 10.1 Å². The van der Waals surface area contributed by atoms with Crippen molar-refractivity contribution in [1.29, 1.82) is 0 Å². The van der Waals surface area contributed by atoms with E-state index in [1.807, 2.05) is 12.1 Å². The number of rotatable bonds is 8. The Hall–Kier alpha value is -1.20. The van der Waals surface area contributed by atoms with Gasteiger partial charge >= 0.3 is 5.97 Å². The van der Waals surface area contributed by atoms with E-state index in [4.69, 9.17) is 17.0 Å². The summed E-state index contributed by atoms with van der Waals surface area (Å²) in [5, 5.41) is 2.88. The maximum Gasteiger partial charge on any atom is 0.322 e. The Morgan fingerprint density at radius 1 is 1.32 bits per heavy atom. The summed E-state index contributed by atoms with van der Waals surface area (Å²) in [6.07, 6.45) is 11.9. The predicted octanol–water partition coefficient (Wildman–Crippen LogP) is 4.43. The third-order valence-electron chi connectivity index (χ3n) is 4.70. The fraction of sp³-hybridized carbons (Fsp3) is 0.632. The van der Waals surface area contributed by atoms with Crippen LogP contribution in [-0.4, -0.2) is 29.6 Å². The first-order valence-corrected chi connectivity index (χ1v) is 9.42. The average Bonchev–Trinajstić information content (AvgIpc) is 2.63. The summed E-state index contributed by atoms with van der Waals surface area (Å²) in [6, 6.07) is 5.48. The molecule has 1 heterocycles. The molecule has 1 N–H and O–H groups in total. The van der Waals surface area contributed by atoms with Crippen LogP contribution in [0.3, 0.4) is 0 Å². The number of esters is 1. The quantitative estimate of drug-likeness (QED) is 0.408. The Balaban J connectivity index is 0.00000312. The van der Waals surface area contributed by atoms with Crippen molar-refractivity contribution in [3.63, 3.8) is 0 Å². The van der Waals surface area contributed by atoms with Crippen LogP contribution in [-0.2, 0) is 9.53 Å². The lowest BCUT2D eigenvalue weighted by atomic mass is 9.86. The van der Waals surface area contributed by atoms with Gasteiger partial charge in [-0.05, 0) is 30.9 Å². The smallest absolute Gasteiger partial charge is 0.322 e. The molecule has 6 heteroatoms. The number of halogens is 1. The van der Waals surface area contributed by atoms with E-state index in [1.165, 1.54) is 38.5 Å². The number of thiocarbonyl (C=S) groups is 1. The number of carbonyl (C=O) groups excluding carboxylic acids is 1. The fourth-order valence-corrected chi connectivity index (χ4v) is 3.54. The Labute approximate surface area is 162 Å². The molecule has 1 aromatic heterocycles. The van der Waals surface area contributed by atoms with Gasteiger partial charge in [0.15, 0.2) is 0 Å². The van der Waals surface area contributed by atoms with Gasteiger partial charge in [0, 0.05) is 13.2 Å². The van der Waals surface area contributed by atoms with Crippen LogP contribution in [0.5, 0.6) is 0 Å². The standard InChI is InChI=1S/C19H28N2O2S.ClH/c1-20-18(24)17(16-12-5-7-13-21-16)19(22)23-14-8-6-11-15-9-3-2-4-10-15;/h5,7,12-13,15,17H,2-4,6,8-11,14H2,1H3,(H,20,24);1H. The monoisotopic (exact) mass is 384 g/mol. The van der Waals surface area contributed by atoms with Crippen LogP contribution in [0.15, 0.2) is 24.4 Å². The first kappa shape index (κ1) is 21.8. The molecule has 0 aromatic carbocycles. The van der Waals surface area contributed by atoms with E-state index in [0.29, 0.717) is 17.3 Å². The summed E-state index contributed by atoms with van der Waals surface area (Å²) in [5.41, 5.74) is 0.629. The van der Waals surface area contributed by atoms with Crippen molar-refractivity contribution in [2.45, 2.75) is 57.3 Å². The number of nitrogens with one attached hydrogen (secondary N) is 1. The molecule has 1 fully saturated rings. The summed E-state index contributed by atoms with van der Waals surface area (Å²) in [6.45, 7) is 0.460. The molecule has 0 aliphatic heterocycles. The lowest BCUT2D eigenvalue weighted by molar-refractivity contribution is -0.143. The molecule has 1 aromatic rings. The fourth-order valence-electron chi connectivity index (χ4n) is 3.32. The van der Waals surface area contributed by atoms with Crippen LogP contribution in [0.2, 0.25) is 0 Å². The zero-order valence-electron chi connectivity index (χ0n) is 14.9. The second-order valence-electron chi connectivity index (χ2n) is 6.47. The van der Waals surface area contributed by atoms with Crippen molar-refractivity contribution in [1.82, 2.24) is 10.3 Å². The van der Waals surface area contributed by atoms with E-state index in [-0.39, 0.29) is 18.4 Å². The van der Waals surface area contributed by atoms with E-state index in [2.05, 4.69) is 10.3 Å². The Morgan fingerprint density at radius 3 is 2.72 bits per heavy atom. The number of ether oxygens (including phenoxy) is 1. The number of nitrogens with zero attached hydrogens (tertiary/aromatic N) is 1. The van der Waals surface area contributed by atoms with Crippen LogP contribution in [0.1, 0.15) is 63.0 Å². The number of likely N-dealkylation sites (N-methyl/N-ethyl adjacent to an activating group) is 1. The molecular formula is C19H29ClN2O2S. The summed E-state index contributed by atoms with van der Waals surface area (Å²) in [5.74, 6) is -0.0529. The second kappa shape index (κ2) is 12.2. The highest BCUT2D eigenvalue weighted by Gasteiger charge is 2.27. The molecular weight excluding hydrogens is 356 g/mol. The van der Waals surface area contributed by atoms with Gasteiger partial charge in [0.05, 0.1) is 17.3 Å². The molecule has 1 atom stereocenters. The molecule has 1 aliphatic rings. The first-order chi connectivity index (χ1) is 11.7. The Bertz CT molecular complexity index is 521. The van der Waals surface area contributed by atoms with Gasteiger partial charge in [0.2, 0.25) is 0 Å². The lowest BCUT2D eigenvalue weighted by Gasteiger charge is -2.21. The Morgan fingerprint density at radius 2 is 2.08 bits per heavy atom. The molecule has 0 amide bonds. The number of hydrogen-bond acceptors (Lipinski definition) is 4. The highest BCUT2D eigenvalue weighted by molar-refractivity contribution is 7.80. The number of carbonyl (C=O) groups is 1. The van der Waals surface area contributed by atoms with Gasteiger partial charge in [0.25, 0.3) is 0 Å². The Kier molecular flexibility index (Phi) is 10.7. The summed E-state index contributed by atoms with van der Waals surface area (Å²) < 4.78 is 5.46. The van der Waals surface area contributed by atoms with E-state index < -0.39 is 5.92 Å². The van der Waals surface area contributed by atoms with Gasteiger partial charge in [-0.1, -0.05) is 56.8 Å². The SMILES string of the molecule is CNC(=S)C(C(=O)OCCCCC1CCCCC1)c1ccccn1.Cl. The molecule has 2 rings (SSSR count). The lowest BCUT2D eigenvalue weighted by Crippen LogP contribution is -2.31. The molecule has 0 saturated heterocycles. The van der Waals surface area contributed by atoms with E-state index >= 15 is 0 Å². The zero-order valence-corrected chi connectivity index (χ0v) is 16.5. The molecule has 1 unspecified atom stereocenters. The third-order valence-corrected chi connectivity index (χ3v) is 5.14. The molecule has 140 valence electrons. The normalized spacial score (nSPS) is 15.7. The van der Waals surface area contributed by atoms with E-state index in [0.717, 1.165) is 18.8 Å². The topological polar surface area (TPSA) is 51.2 Å². The molecule has 4 nitrogen and oxygen atoms in total. The van der Waals surface area contributed by atoms with Crippen molar-refractivity contribution in [2.24, 2.45) is 5.92 Å². The minimum Gasteiger partial charge on any atom is -0.465 e. The minimum absolute atomic E-state index is 0. The molecule has 25 heavy (non-hydrogen) atoms. The van der Waals surface area contributed by atoms with Gasteiger partial charge in [-0.3, -0.25) is 9.78 Å². The van der Waals surface area contributed by atoms with Crippen molar-refractivity contribution >= 4 is 35.6 Å². The van der Waals surface area contributed by atoms with Crippen molar-refractivity contribution in [2.75, 3.05) is 13.7 Å². The van der Waals surface area contributed by atoms with Gasteiger partial charge in [-0.25, -0.2) is 0 Å². The zero-order chi connectivity index (χ0) is 17.2. The predicted molar refractivity (Wildman–Crippen MR) is 107 cm³/mol. The molecule has 0 radical (unpaired) electrons. The van der Waals surface area contributed by atoms with E-state index in [1.54, 1.807) is 19.3 Å². The van der Waals surface area contributed by atoms with Crippen LogP contribution < -0.4 is 5.32 Å². The number of hydrogen-bond donors (Lipinski definition) is 1. The van der Waals surface area contributed by atoms with Gasteiger partial charge in [-0.15, -0.1) is 12.4 Å². The van der Waals surface area contributed by atoms with Crippen LogP contribution in [0.4, 0.5) is 0 Å². The summed E-state index contributed by atoms with van der Waals surface area (Å²) in [4.78, 5) is 17.1. The van der Waals surface area contributed by atoms with Crippen molar-refractivity contribution < 1.29 is 9.53 Å². The van der Waals surface area contributed by atoms with Crippen molar-refractivity contribution in [3.05, 3.63) is 30.1 Å².